The molecular weight excluding hydrogens is 453 g/mol. The number of carbonyl (C=O) groups is 3. The summed E-state index contributed by atoms with van der Waals surface area (Å²) in [5.74, 6) is -0.869. The summed E-state index contributed by atoms with van der Waals surface area (Å²) in [7, 11) is 0. The van der Waals surface area contributed by atoms with Crippen LogP contribution in [0.2, 0.25) is 0 Å². The van der Waals surface area contributed by atoms with Crippen LogP contribution in [0.1, 0.15) is 99.3 Å². The molecule has 0 bridgehead atoms. The molecule has 3 unspecified atom stereocenters. The first-order valence-corrected chi connectivity index (χ1v) is 14.5. The van der Waals surface area contributed by atoms with E-state index in [9.17, 15) is 18.9 Å². The molecule has 0 saturated heterocycles. The average Bonchev–Trinajstić information content (AvgIpc) is 2.66. The summed E-state index contributed by atoms with van der Waals surface area (Å²) >= 11 is 0.915. The second-order valence-electron chi connectivity index (χ2n) is 7.76. The summed E-state index contributed by atoms with van der Waals surface area (Å²) in [6.07, 6.45) is 4.85. The summed E-state index contributed by atoms with van der Waals surface area (Å²) in [4.78, 5) is 35.1. The van der Waals surface area contributed by atoms with Gasteiger partial charge in [-0.2, -0.15) is 0 Å². The Kier molecular flexibility index (Phi) is 16.8. The maximum absolute atomic E-state index is 13.9. The predicted octanol–water partition coefficient (Wildman–Crippen LogP) is 4.82. The first kappa shape index (κ1) is 30.9. The molecule has 3 N–H and O–H groups in total. The molecule has 3 atom stereocenters. The number of hydrogen-bond acceptors (Lipinski definition) is 7. The van der Waals surface area contributed by atoms with Gasteiger partial charge in [-0.25, -0.2) is 4.57 Å². The standard InChI is InChI=1S/C21H42N3O6PS/c1-7-10-13-19(22-16(4)25)29-31(28,30-20(14-11-8-2)23-17(5)26)32-21(15-12-9-3)24-18(6)27/h19-21H,7-15H2,1-6H3,(H,22,25)(H,23,26)(H,24,27). The van der Waals surface area contributed by atoms with E-state index in [2.05, 4.69) is 16.0 Å². The summed E-state index contributed by atoms with van der Waals surface area (Å²) in [6.45, 7) is 6.26. The third kappa shape index (κ3) is 15.7. The third-order valence-electron chi connectivity index (χ3n) is 4.32. The Morgan fingerprint density at radius 2 is 1.09 bits per heavy atom. The lowest BCUT2D eigenvalue weighted by molar-refractivity contribution is -0.121. The van der Waals surface area contributed by atoms with Gasteiger partial charge in [0, 0.05) is 20.8 Å². The minimum Gasteiger partial charge on any atom is -0.344 e. The van der Waals surface area contributed by atoms with Crippen molar-refractivity contribution >= 4 is 35.9 Å². The van der Waals surface area contributed by atoms with Crippen molar-refractivity contribution in [1.82, 2.24) is 16.0 Å². The lowest BCUT2D eigenvalue weighted by Gasteiger charge is -2.30. The van der Waals surface area contributed by atoms with Crippen LogP contribution in [0.25, 0.3) is 0 Å². The summed E-state index contributed by atoms with van der Waals surface area (Å²) in [5.41, 5.74) is 0. The lowest BCUT2D eigenvalue weighted by Crippen LogP contribution is -2.38. The molecule has 0 saturated carbocycles. The molecule has 0 aliphatic rings. The molecule has 3 amide bonds. The molecule has 0 aromatic heterocycles. The van der Waals surface area contributed by atoms with Gasteiger partial charge in [0.1, 0.15) is 12.5 Å². The van der Waals surface area contributed by atoms with Crippen LogP contribution in [0.4, 0.5) is 0 Å². The Balaban J connectivity index is 5.83. The maximum atomic E-state index is 13.9. The normalized spacial score (nSPS) is 15.8. The van der Waals surface area contributed by atoms with Crippen molar-refractivity contribution in [2.75, 3.05) is 0 Å². The Bertz CT molecular complexity index is 542. The highest BCUT2D eigenvalue weighted by molar-refractivity contribution is 8.55. The van der Waals surface area contributed by atoms with Gasteiger partial charge in [0.05, 0.1) is 5.37 Å². The van der Waals surface area contributed by atoms with Crippen LogP contribution in [-0.2, 0) is 28.0 Å². The number of rotatable bonds is 18. The van der Waals surface area contributed by atoms with E-state index in [1.807, 2.05) is 20.8 Å². The van der Waals surface area contributed by atoms with Crippen LogP contribution in [0.5, 0.6) is 0 Å². The van der Waals surface area contributed by atoms with Gasteiger partial charge in [-0.05, 0) is 43.5 Å². The van der Waals surface area contributed by atoms with E-state index in [4.69, 9.17) is 9.05 Å². The van der Waals surface area contributed by atoms with Crippen molar-refractivity contribution in [2.45, 2.75) is 117 Å². The molecule has 32 heavy (non-hydrogen) atoms. The fourth-order valence-corrected chi connectivity index (χ4v) is 7.07. The van der Waals surface area contributed by atoms with Gasteiger partial charge in [-0.3, -0.25) is 23.4 Å². The highest BCUT2D eigenvalue weighted by atomic mass is 32.7. The van der Waals surface area contributed by atoms with E-state index in [-0.39, 0.29) is 17.7 Å². The van der Waals surface area contributed by atoms with Gasteiger partial charge in [-0.15, -0.1) is 0 Å². The van der Waals surface area contributed by atoms with Crippen LogP contribution in [-0.4, -0.2) is 35.6 Å². The molecule has 0 aromatic rings. The molecule has 0 aliphatic heterocycles. The van der Waals surface area contributed by atoms with Crippen molar-refractivity contribution in [3.05, 3.63) is 0 Å². The van der Waals surface area contributed by atoms with Crippen LogP contribution in [0.3, 0.4) is 0 Å². The van der Waals surface area contributed by atoms with Gasteiger partial charge in [0.15, 0.2) is 0 Å². The lowest BCUT2D eigenvalue weighted by atomic mass is 10.2. The zero-order valence-corrected chi connectivity index (χ0v) is 22.1. The summed E-state index contributed by atoms with van der Waals surface area (Å²) in [6, 6.07) is 0. The fraction of sp³-hybridized carbons (Fsp3) is 0.857. The van der Waals surface area contributed by atoms with Crippen LogP contribution in [0.15, 0.2) is 0 Å². The van der Waals surface area contributed by atoms with E-state index in [0.29, 0.717) is 19.3 Å². The number of unbranched alkanes of at least 4 members (excludes halogenated alkanes) is 3. The average molecular weight is 496 g/mol. The number of nitrogens with one attached hydrogen (secondary N) is 3. The zero-order chi connectivity index (χ0) is 24.6. The molecule has 0 radical (unpaired) electrons. The second kappa shape index (κ2) is 17.4. The van der Waals surface area contributed by atoms with E-state index in [0.717, 1.165) is 49.9 Å². The number of carbonyl (C=O) groups excluding carboxylic acids is 3. The molecule has 0 fully saturated rings. The quantitative estimate of drug-likeness (QED) is 0.184. The molecule has 0 spiro atoms. The first-order chi connectivity index (χ1) is 15.0. The SMILES string of the molecule is CCCCC(NC(C)=O)OP(=O)(OC(CCCC)NC(C)=O)SC(CCCC)NC(C)=O. The minimum atomic E-state index is -3.90. The summed E-state index contributed by atoms with van der Waals surface area (Å²) in [5, 5.41) is 7.67. The molecule has 9 nitrogen and oxygen atoms in total. The van der Waals surface area contributed by atoms with Crippen molar-refractivity contribution in [3.8, 4) is 0 Å². The predicted molar refractivity (Wildman–Crippen MR) is 129 cm³/mol. The van der Waals surface area contributed by atoms with Gasteiger partial charge >= 0.3 is 6.80 Å². The Hall–Kier alpha value is -1.09. The van der Waals surface area contributed by atoms with E-state index < -0.39 is 24.6 Å². The Morgan fingerprint density at radius 3 is 1.44 bits per heavy atom. The first-order valence-electron chi connectivity index (χ1n) is 11.5. The van der Waals surface area contributed by atoms with Crippen molar-refractivity contribution in [1.29, 1.82) is 0 Å². The molecule has 0 rings (SSSR count). The third-order valence-corrected chi connectivity index (χ3v) is 8.27. The molecule has 0 heterocycles. The molecule has 0 aromatic carbocycles. The van der Waals surface area contributed by atoms with E-state index in [1.54, 1.807) is 0 Å². The van der Waals surface area contributed by atoms with Gasteiger partial charge < -0.3 is 16.0 Å². The maximum Gasteiger partial charge on any atom is 0.394 e. The highest BCUT2D eigenvalue weighted by Crippen LogP contribution is 2.64. The van der Waals surface area contributed by atoms with Crippen molar-refractivity contribution in [3.63, 3.8) is 0 Å². The van der Waals surface area contributed by atoms with E-state index >= 15 is 0 Å². The molecular formula is C21H42N3O6PS. The largest absolute Gasteiger partial charge is 0.394 e. The van der Waals surface area contributed by atoms with Crippen molar-refractivity contribution < 1.29 is 28.0 Å². The van der Waals surface area contributed by atoms with Gasteiger partial charge in [-0.1, -0.05) is 46.5 Å². The van der Waals surface area contributed by atoms with Gasteiger partial charge in [0.25, 0.3) is 0 Å². The Labute approximate surface area is 197 Å². The molecule has 188 valence electrons. The zero-order valence-electron chi connectivity index (χ0n) is 20.4. The smallest absolute Gasteiger partial charge is 0.344 e. The van der Waals surface area contributed by atoms with Crippen LogP contribution in [0, 0.1) is 0 Å². The van der Waals surface area contributed by atoms with E-state index in [1.165, 1.54) is 20.8 Å². The highest BCUT2D eigenvalue weighted by Gasteiger charge is 2.37. The topological polar surface area (TPSA) is 123 Å². The number of hydrogen-bond donors (Lipinski definition) is 3. The Morgan fingerprint density at radius 1 is 0.719 bits per heavy atom. The molecule has 11 heteroatoms. The fourth-order valence-electron chi connectivity index (χ4n) is 2.84. The monoisotopic (exact) mass is 495 g/mol. The minimum absolute atomic E-state index is 0.251. The number of amides is 3. The van der Waals surface area contributed by atoms with Crippen molar-refractivity contribution in [2.24, 2.45) is 0 Å². The van der Waals surface area contributed by atoms with Gasteiger partial charge in [0.2, 0.25) is 17.7 Å². The summed E-state index contributed by atoms with van der Waals surface area (Å²) < 4.78 is 25.7. The molecule has 0 aliphatic carbocycles. The van der Waals surface area contributed by atoms with Crippen LogP contribution < -0.4 is 16.0 Å². The second-order valence-corrected chi connectivity index (χ2v) is 11.8. The van der Waals surface area contributed by atoms with Crippen LogP contribution >= 0.6 is 18.2 Å².